The standard InChI is InChI=1S/C8H6N2O4/c11-7-3-14-6-1-4(8(12)13)9-2-5(6)10-7/h1-2H,3H2,(H,10,11)(H,12,13). The highest BCUT2D eigenvalue weighted by Gasteiger charge is 2.18. The fourth-order valence-electron chi connectivity index (χ4n) is 1.10. The molecule has 0 saturated heterocycles. The van der Waals surface area contributed by atoms with Gasteiger partial charge in [0.15, 0.2) is 12.3 Å². The first-order valence-corrected chi connectivity index (χ1v) is 3.83. The Morgan fingerprint density at radius 1 is 1.64 bits per heavy atom. The van der Waals surface area contributed by atoms with E-state index in [0.29, 0.717) is 11.4 Å². The summed E-state index contributed by atoms with van der Waals surface area (Å²) in [6, 6.07) is 1.27. The van der Waals surface area contributed by atoms with Crippen LogP contribution in [0.4, 0.5) is 5.69 Å². The summed E-state index contributed by atoms with van der Waals surface area (Å²) in [5.74, 6) is -1.08. The van der Waals surface area contributed by atoms with Gasteiger partial charge in [-0.1, -0.05) is 0 Å². The van der Waals surface area contributed by atoms with Crippen LogP contribution >= 0.6 is 0 Å². The van der Waals surface area contributed by atoms with E-state index >= 15 is 0 Å². The molecule has 0 saturated carbocycles. The number of hydrogen-bond donors (Lipinski definition) is 2. The molecule has 6 nitrogen and oxygen atoms in total. The molecule has 0 fully saturated rings. The zero-order valence-electron chi connectivity index (χ0n) is 6.98. The van der Waals surface area contributed by atoms with Crippen molar-refractivity contribution in [2.75, 3.05) is 11.9 Å². The molecule has 1 aromatic heterocycles. The van der Waals surface area contributed by atoms with E-state index in [4.69, 9.17) is 9.84 Å². The minimum Gasteiger partial charge on any atom is -0.481 e. The molecule has 0 unspecified atom stereocenters. The van der Waals surface area contributed by atoms with Crippen LogP contribution in [-0.4, -0.2) is 28.6 Å². The van der Waals surface area contributed by atoms with Crippen LogP contribution < -0.4 is 10.1 Å². The summed E-state index contributed by atoms with van der Waals surface area (Å²) in [7, 11) is 0. The summed E-state index contributed by atoms with van der Waals surface area (Å²) in [5.41, 5.74) is 0.283. The van der Waals surface area contributed by atoms with Crippen LogP contribution in [0, 0.1) is 0 Å². The molecule has 2 heterocycles. The smallest absolute Gasteiger partial charge is 0.354 e. The van der Waals surface area contributed by atoms with E-state index in [0.717, 1.165) is 0 Å². The van der Waals surface area contributed by atoms with Gasteiger partial charge in [0.1, 0.15) is 11.4 Å². The predicted octanol–water partition coefficient (Wildman–Crippen LogP) is 0.111. The Hall–Kier alpha value is -2.11. The first-order chi connectivity index (χ1) is 6.66. The van der Waals surface area contributed by atoms with E-state index in [9.17, 15) is 9.59 Å². The number of hydrogen-bond acceptors (Lipinski definition) is 4. The largest absolute Gasteiger partial charge is 0.481 e. The van der Waals surface area contributed by atoms with Gasteiger partial charge < -0.3 is 15.2 Å². The molecule has 1 aliphatic rings. The maximum Gasteiger partial charge on any atom is 0.354 e. The molecule has 2 N–H and O–H groups in total. The van der Waals surface area contributed by atoms with E-state index in [1.807, 2.05) is 0 Å². The van der Waals surface area contributed by atoms with Gasteiger partial charge in [-0.2, -0.15) is 0 Å². The number of anilines is 1. The van der Waals surface area contributed by atoms with Crippen molar-refractivity contribution in [3.05, 3.63) is 18.0 Å². The van der Waals surface area contributed by atoms with Crippen LogP contribution in [0.5, 0.6) is 5.75 Å². The average molecular weight is 194 g/mol. The number of carbonyl (C=O) groups is 2. The third kappa shape index (κ3) is 1.37. The van der Waals surface area contributed by atoms with Gasteiger partial charge in [0, 0.05) is 6.07 Å². The Kier molecular flexibility index (Phi) is 1.81. The second kappa shape index (κ2) is 2.99. The number of nitrogens with zero attached hydrogens (tertiary/aromatic N) is 1. The molecule has 0 aliphatic carbocycles. The Balaban J connectivity index is 2.41. The number of pyridine rings is 1. The van der Waals surface area contributed by atoms with Gasteiger partial charge in [-0.05, 0) is 0 Å². The lowest BCUT2D eigenvalue weighted by Gasteiger charge is -2.17. The number of amides is 1. The molecule has 14 heavy (non-hydrogen) atoms. The Morgan fingerprint density at radius 3 is 3.14 bits per heavy atom. The van der Waals surface area contributed by atoms with Crippen LogP contribution in [-0.2, 0) is 4.79 Å². The minimum atomic E-state index is -1.13. The molecule has 0 spiro atoms. The number of ether oxygens (including phenoxy) is 1. The second-order valence-corrected chi connectivity index (χ2v) is 2.71. The normalized spacial score (nSPS) is 13.9. The lowest BCUT2D eigenvalue weighted by atomic mass is 10.3. The highest BCUT2D eigenvalue weighted by atomic mass is 16.5. The van der Waals surface area contributed by atoms with Crippen LogP contribution in [0.25, 0.3) is 0 Å². The molecule has 1 aromatic rings. The quantitative estimate of drug-likeness (QED) is 0.662. The zero-order chi connectivity index (χ0) is 10.1. The summed E-state index contributed by atoms with van der Waals surface area (Å²) < 4.78 is 5.01. The summed E-state index contributed by atoms with van der Waals surface area (Å²) >= 11 is 0. The number of carboxylic acids is 1. The SMILES string of the molecule is O=C1COc2cc(C(=O)O)ncc2N1. The molecule has 0 aromatic carbocycles. The molecule has 2 rings (SSSR count). The fourth-order valence-corrected chi connectivity index (χ4v) is 1.10. The average Bonchev–Trinajstić information content (AvgIpc) is 2.16. The topological polar surface area (TPSA) is 88.5 Å². The lowest BCUT2D eigenvalue weighted by Crippen LogP contribution is -2.25. The van der Waals surface area contributed by atoms with Gasteiger partial charge in [0.05, 0.1) is 6.20 Å². The number of fused-ring (bicyclic) bond motifs is 1. The minimum absolute atomic E-state index is 0.101. The molecule has 0 bridgehead atoms. The predicted molar refractivity (Wildman–Crippen MR) is 45.3 cm³/mol. The highest BCUT2D eigenvalue weighted by molar-refractivity contribution is 5.96. The van der Waals surface area contributed by atoms with E-state index in [-0.39, 0.29) is 18.2 Å². The molecule has 1 aliphatic heterocycles. The summed E-state index contributed by atoms with van der Waals surface area (Å²) in [6.07, 6.45) is 1.26. The van der Waals surface area contributed by atoms with Crippen LogP contribution in [0.3, 0.4) is 0 Å². The van der Waals surface area contributed by atoms with Crippen LogP contribution in [0.1, 0.15) is 10.5 Å². The lowest BCUT2D eigenvalue weighted by molar-refractivity contribution is -0.118. The van der Waals surface area contributed by atoms with E-state index in [2.05, 4.69) is 10.3 Å². The Labute approximate surface area is 78.5 Å². The van der Waals surface area contributed by atoms with E-state index < -0.39 is 5.97 Å². The van der Waals surface area contributed by atoms with Crippen LogP contribution in [0.2, 0.25) is 0 Å². The Morgan fingerprint density at radius 2 is 2.43 bits per heavy atom. The van der Waals surface area contributed by atoms with Crippen molar-refractivity contribution < 1.29 is 19.4 Å². The number of carboxylic acid groups (broad SMARTS) is 1. The van der Waals surface area contributed by atoms with Gasteiger partial charge >= 0.3 is 5.97 Å². The molecule has 72 valence electrons. The third-order valence-corrected chi connectivity index (χ3v) is 1.72. The van der Waals surface area contributed by atoms with Crippen molar-refractivity contribution in [3.63, 3.8) is 0 Å². The van der Waals surface area contributed by atoms with Crippen LogP contribution in [0.15, 0.2) is 12.3 Å². The number of aromatic nitrogens is 1. The molecule has 1 amide bonds. The summed E-state index contributed by atoms with van der Waals surface area (Å²) in [6.45, 7) is -0.101. The van der Waals surface area contributed by atoms with Gasteiger partial charge in [-0.15, -0.1) is 0 Å². The monoisotopic (exact) mass is 194 g/mol. The highest BCUT2D eigenvalue weighted by Crippen LogP contribution is 2.26. The summed E-state index contributed by atoms with van der Waals surface area (Å²) in [5, 5.41) is 11.1. The van der Waals surface area contributed by atoms with Crippen molar-refractivity contribution >= 4 is 17.6 Å². The van der Waals surface area contributed by atoms with E-state index in [1.165, 1.54) is 12.3 Å². The molecular weight excluding hydrogens is 188 g/mol. The number of rotatable bonds is 1. The zero-order valence-corrected chi connectivity index (χ0v) is 6.98. The van der Waals surface area contributed by atoms with E-state index in [1.54, 1.807) is 0 Å². The number of aromatic carboxylic acids is 1. The van der Waals surface area contributed by atoms with Gasteiger partial charge in [0.25, 0.3) is 5.91 Å². The number of carbonyl (C=O) groups excluding carboxylic acids is 1. The molecule has 0 atom stereocenters. The molecule has 6 heteroatoms. The fraction of sp³-hybridized carbons (Fsp3) is 0.125. The maximum atomic E-state index is 10.9. The molecule has 0 radical (unpaired) electrons. The van der Waals surface area contributed by atoms with Crippen molar-refractivity contribution in [2.24, 2.45) is 0 Å². The van der Waals surface area contributed by atoms with Gasteiger partial charge in [-0.3, -0.25) is 4.79 Å². The number of nitrogens with one attached hydrogen (secondary N) is 1. The first-order valence-electron chi connectivity index (χ1n) is 3.83. The van der Waals surface area contributed by atoms with Gasteiger partial charge in [-0.25, -0.2) is 9.78 Å². The van der Waals surface area contributed by atoms with Crippen molar-refractivity contribution in [1.29, 1.82) is 0 Å². The first kappa shape index (κ1) is 8.49. The molecular formula is C8H6N2O4. The van der Waals surface area contributed by atoms with Crippen molar-refractivity contribution in [1.82, 2.24) is 4.98 Å². The van der Waals surface area contributed by atoms with Crippen molar-refractivity contribution in [3.8, 4) is 5.75 Å². The summed E-state index contributed by atoms with van der Waals surface area (Å²) in [4.78, 5) is 25.0. The maximum absolute atomic E-state index is 10.9. The van der Waals surface area contributed by atoms with Crippen molar-refractivity contribution in [2.45, 2.75) is 0 Å². The third-order valence-electron chi connectivity index (χ3n) is 1.72. The van der Waals surface area contributed by atoms with Gasteiger partial charge in [0.2, 0.25) is 0 Å². The second-order valence-electron chi connectivity index (χ2n) is 2.71. The Bertz CT molecular complexity index is 416.